The summed E-state index contributed by atoms with van der Waals surface area (Å²) in [6.07, 6.45) is 2.75. The number of aliphatic hydroxyl groups excluding tert-OH is 1. The van der Waals surface area contributed by atoms with Gasteiger partial charge in [-0.25, -0.2) is 0 Å². The molecule has 0 aliphatic rings. The Labute approximate surface area is 124 Å². The van der Waals surface area contributed by atoms with Gasteiger partial charge in [0.2, 0.25) is 0 Å². The van der Waals surface area contributed by atoms with Crippen LogP contribution in [0.3, 0.4) is 0 Å². The summed E-state index contributed by atoms with van der Waals surface area (Å²) in [5.41, 5.74) is 0.508. The lowest BCUT2D eigenvalue weighted by Gasteiger charge is -2.15. The summed E-state index contributed by atoms with van der Waals surface area (Å²) < 4.78 is 0. The maximum Gasteiger partial charge on any atom is 0.178 e. The van der Waals surface area contributed by atoms with Crippen molar-refractivity contribution < 1.29 is 9.90 Å². The summed E-state index contributed by atoms with van der Waals surface area (Å²) in [4.78, 5) is 14.0. The van der Waals surface area contributed by atoms with Gasteiger partial charge in [-0.15, -0.1) is 0 Å². The molecular formula is C14H19Cl2NO2. The number of benzene rings is 1. The van der Waals surface area contributed by atoms with Crippen LogP contribution in [0.2, 0.25) is 10.0 Å². The number of Topliss-reactive ketones (excluding diaryl/α,β-unsaturated/α-hetero) is 1. The molecular weight excluding hydrogens is 285 g/mol. The predicted molar refractivity (Wildman–Crippen MR) is 79.2 cm³/mol. The Morgan fingerprint density at radius 1 is 1.26 bits per heavy atom. The van der Waals surface area contributed by atoms with Gasteiger partial charge in [-0.2, -0.15) is 0 Å². The molecule has 0 aliphatic heterocycles. The highest BCUT2D eigenvalue weighted by Crippen LogP contribution is 2.21. The Morgan fingerprint density at radius 2 is 2.00 bits per heavy atom. The second-order valence-corrected chi connectivity index (χ2v) is 5.41. The Kier molecular flexibility index (Phi) is 7.39. The standard InChI is InChI=1S/C14H19Cl2NO2/c1-17(7-3-2-4-8-18)10-14(19)12-6-5-11(15)9-13(12)16/h5-6,9,18H,2-4,7-8,10H2,1H3. The molecule has 1 N–H and O–H groups in total. The van der Waals surface area contributed by atoms with Crippen LogP contribution in [0.5, 0.6) is 0 Å². The minimum atomic E-state index is -0.00803. The first-order chi connectivity index (χ1) is 9.04. The molecule has 1 rings (SSSR count). The van der Waals surface area contributed by atoms with Crippen molar-refractivity contribution in [2.45, 2.75) is 19.3 Å². The fourth-order valence-corrected chi connectivity index (χ4v) is 2.31. The fourth-order valence-electron chi connectivity index (χ4n) is 1.80. The molecule has 3 nitrogen and oxygen atoms in total. The van der Waals surface area contributed by atoms with E-state index in [1.807, 2.05) is 11.9 Å². The zero-order valence-corrected chi connectivity index (χ0v) is 12.5. The van der Waals surface area contributed by atoms with Crippen LogP contribution >= 0.6 is 23.2 Å². The molecule has 106 valence electrons. The van der Waals surface area contributed by atoms with Crippen LogP contribution in [0.25, 0.3) is 0 Å². The van der Waals surface area contributed by atoms with E-state index in [-0.39, 0.29) is 12.4 Å². The summed E-state index contributed by atoms with van der Waals surface area (Å²) in [6, 6.07) is 4.91. The van der Waals surface area contributed by atoms with E-state index in [0.29, 0.717) is 22.2 Å². The van der Waals surface area contributed by atoms with E-state index in [2.05, 4.69) is 0 Å². The van der Waals surface area contributed by atoms with Crippen LogP contribution in [-0.4, -0.2) is 42.5 Å². The van der Waals surface area contributed by atoms with Gasteiger partial charge in [0.05, 0.1) is 11.6 Å². The predicted octanol–water partition coefficient (Wildman–Crippen LogP) is 3.27. The second-order valence-electron chi connectivity index (χ2n) is 4.57. The minimum absolute atomic E-state index is 0.00803. The molecule has 0 aromatic heterocycles. The van der Waals surface area contributed by atoms with Crippen molar-refractivity contribution in [3.05, 3.63) is 33.8 Å². The SMILES string of the molecule is CN(CCCCCO)CC(=O)c1ccc(Cl)cc1Cl. The first kappa shape index (κ1) is 16.4. The highest BCUT2D eigenvalue weighted by atomic mass is 35.5. The van der Waals surface area contributed by atoms with Gasteiger partial charge in [0, 0.05) is 17.2 Å². The normalized spacial score (nSPS) is 11.0. The Balaban J connectivity index is 2.45. The lowest BCUT2D eigenvalue weighted by molar-refractivity contribution is 0.0945. The van der Waals surface area contributed by atoms with Gasteiger partial charge in [-0.3, -0.25) is 9.69 Å². The molecule has 0 amide bonds. The zero-order valence-electron chi connectivity index (χ0n) is 11.0. The highest BCUT2D eigenvalue weighted by Gasteiger charge is 2.12. The van der Waals surface area contributed by atoms with Gasteiger partial charge >= 0.3 is 0 Å². The van der Waals surface area contributed by atoms with Crippen LogP contribution in [0, 0.1) is 0 Å². The molecule has 0 fully saturated rings. The van der Waals surface area contributed by atoms with Gasteiger partial charge in [0.15, 0.2) is 5.78 Å². The van der Waals surface area contributed by atoms with Gasteiger partial charge in [-0.05, 0) is 51.1 Å². The van der Waals surface area contributed by atoms with Gasteiger partial charge in [0.1, 0.15) is 0 Å². The van der Waals surface area contributed by atoms with Crippen LogP contribution < -0.4 is 0 Å². The van der Waals surface area contributed by atoms with Gasteiger partial charge in [0.25, 0.3) is 0 Å². The van der Waals surface area contributed by atoms with E-state index >= 15 is 0 Å². The lowest BCUT2D eigenvalue weighted by atomic mass is 10.1. The Bertz CT molecular complexity index is 424. The summed E-state index contributed by atoms with van der Waals surface area (Å²) in [5, 5.41) is 9.61. The highest BCUT2D eigenvalue weighted by molar-refractivity contribution is 6.36. The number of rotatable bonds is 8. The number of hydrogen-bond donors (Lipinski definition) is 1. The molecule has 19 heavy (non-hydrogen) atoms. The van der Waals surface area contributed by atoms with Crippen molar-refractivity contribution in [2.75, 3.05) is 26.7 Å². The third-order valence-corrected chi connectivity index (χ3v) is 3.39. The molecule has 0 saturated heterocycles. The largest absolute Gasteiger partial charge is 0.396 e. The van der Waals surface area contributed by atoms with E-state index in [4.69, 9.17) is 28.3 Å². The van der Waals surface area contributed by atoms with Crippen molar-refractivity contribution in [3.8, 4) is 0 Å². The van der Waals surface area contributed by atoms with Gasteiger partial charge in [-0.1, -0.05) is 23.2 Å². The number of likely N-dealkylation sites (N-methyl/N-ethyl adjacent to an activating group) is 1. The maximum absolute atomic E-state index is 12.1. The van der Waals surface area contributed by atoms with E-state index in [1.54, 1.807) is 18.2 Å². The molecule has 5 heteroatoms. The summed E-state index contributed by atoms with van der Waals surface area (Å²) in [5.74, 6) is -0.00803. The molecule has 1 aromatic carbocycles. The average Bonchev–Trinajstić information content (AvgIpc) is 2.34. The number of hydrogen-bond acceptors (Lipinski definition) is 3. The summed E-state index contributed by atoms with van der Waals surface area (Å²) in [6.45, 7) is 1.39. The topological polar surface area (TPSA) is 40.5 Å². The van der Waals surface area contributed by atoms with E-state index in [1.165, 1.54) is 0 Å². The Morgan fingerprint density at radius 3 is 2.63 bits per heavy atom. The van der Waals surface area contributed by atoms with Crippen molar-refractivity contribution in [2.24, 2.45) is 0 Å². The number of nitrogens with zero attached hydrogens (tertiary/aromatic N) is 1. The maximum atomic E-state index is 12.1. The number of ketones is 1. The molecule has 0 bridgehead atoms. The van der Waals surface area contributed by atoms with Gasteiger partial charge < -0.3 is 5.11 Å². The molecule has 0 atom stereocenters. The van der Waals surface area contributed by atoms with Crippen molar-refractivity contribution in [1.29, 1.82) is 0 Å². The monoisotopic (exact) mass is 303 g/mol. The van der Waals surface area contributed by atoms with E-state index < -0.39 is 0 Å². The molecule has 1 aromatic rings. The third-order valence-electron chi connectivity index (χ3n) is 2.84. The number of carbonyl (C=O) groups excluding carboxylic acids is 1. The van der Waals surface area contributed by atoms with E-state index in [9.17, 15) is 4.79 Å². The van der Waals surface area contributed by atoms with Crippen molar-refractivity contribution >= 4 is 29.0 Å². The minimum Gasteiger partial charge on any atom is -0.396 e. The number of halogens is 2. The second kappa shape index (κ2) is 8.54. The van der Waals surface area contributed by atoms with Crippen LogP contribution in [0.4, 0.5) is 0 Å². The Hall–Kier alpha value is -0.610. The number of unbranched alkanes of at least 4 members (excludes halogenated alkanes) is 2. The van der Waals surface area contributed by atoms with E-state index in [0.717, 1.165) is 25.8 Å². The zero-order chi connectivity index (χ0) is 14.3. The van der Waals surface area contributed by atoms with Crippen LogP contribution in [0.1, 0.15) is 29.6 Å². The molecule has 0 aliphatic carbocycles. The quantitative estimate of drug-likeness (QED) is 0.592. The average molecular weight is 304 g/mol. The summed E-state index contributed by atoms with van der Waals surface area (Å²) >= 11 is 11.8. The number of aliphatic hydroxyl groups is 1. The molecule has 0 radical (unpaired) electrons. The smallest absolute Gasteiger partial charge is 0.178 e. The molecule has 0 heterocycles. The van der Waals surface area contributed by atoms with Crippen molar-refractivity contribution in [3.63, 3.8) is 0 Å². The van der Waals surface area contributed by atoms with Crippen LogP contribution in [0.15, 0.2) is 18.2 Å². The van der Waals surface area contributed by atoms with Crippen LogP contribution in [-0.2, 0) is 0 Å². The first-order valence-electron chi connectivity index (χ1n) is 6.32. The van der Waals surface area contributed by atoms with Crippen molar-refractivity contribution in [1.82, 2.24) is 4.90 Å². The summed E-state index contributed by atoms with van der Waals surface area (Å²) in [7, 11) is 1.90. The number of carbonyl (C=O) groups is 1. The fraction of sp³-hybridized carbons (Fsp3) is 0.500. The third kappa shape index (κ3) is 5.91. The lowest BCUT2D eigenvalue weighted by Crippen LogP contribution is -2.27. The molecule has 0 unspecified atom stereocenters. The molecule has 0 saturated carbocycles. The first-order valence-corrected chi connectivity index (χ1v) is 7.08. The molecule has 0 spiro atoms.